The summed E-state index contributed by atoms with van der Waals surface area (Å²) in [5.41, 5.74) is 0. The Morgan fingerprint density at radius 1 is 0.680 bits per heavy atom. The van der Waals surface area contributed by atoms with Gasteiger partial charge in [0.1, 0.15) is 0 Å². The molecule has 0 spiro atoms. The second-order valence-corrected chi connectivity index (χ2v) is 6.08. The van der Waals surface area contributed by atoms with Crippen molar-refractivity contribution in [3.05, 3.63) is 87.9 Å². The van der Waals surface area contributed by atoms with Crippen molar-refractivity contribution in [3.63, 3.8) is 0 Å². The molecule has 0 unspecified atom stereocenters. The Kier molecular flexibility index (Phi) is 63.5. The minimum Gasteiger partial charge on any atom is -0.316 e. The van der Waals surface area contributed by atoms with Gasteiger partial charge in [-0.2, -0.15) is 29.5 Å². The van der Waals surface area contributed by atoms with Crippen molar-refractivity contribution in [2.75, 3.05) is 0 Å². The molecule has 2 radical (unpaired) electrons. The fourth-order valence-electron chi connectivity index (χ4n) is 0.854. The summed E-state index contributed by atoms with van der Waals surface area (Å²) < 4.78 is 0. The normalized spacial score (nSPS) is 6.24. The first-order chi connectivity index (χ1) is 8.68. The molecule has 0 atom stereocenters. The van der Waals surface area contributed by atoms with Gasteiger partial charge >= 0.3 is 32.7 Å². The molecule has 0 aliphatic rings. The van der Waals surface area contributed by atoms with Gasteiger partial charge in [-0.05, 0) is 5.38 Å². The van der Waals surface area contributed by atoms with E-state index in [-0.39, 0.29) is 182 Å². The molecule has 0 saturated carbocycles. The van der Waals surface area contributed by atoms with E-state index in [9.17, 15) is 0 Å². The van der Waals surface area contributed by atoms with Crippen LogP contribution in [0.15, 0.2) is 41.8 Å². The average molecular weight is 1290 g/mol. The molecule has 3 aromatic heterocycles. The molecule has 0 aromatic carbocycles. The van der Waals surface area contributed by atoms with Gasteiger partial charge in [-0.1, -0.05) is 0 Å². The van der Waals surface area contributed by atoms with Crippen molar-refractivity contribution in [1.82, 2.24) is 0 Å². The summed E-state index contributed by atoms with van der Waals surface area (Å²) in [7, 11) is 0. The topological polar surface area (TPSA) is 0 Å². The van der Waals surface area contributed by atoms with Crippen molar-refractivity contribution < 1.29 is 182 Å². The van der Waals surface area contributed by atoms with E-state index in [4.69, 9.17) is 0 Å². The van der Waals surface area contributed by atoms with Crippen LogP contribution in [0.1, 0.15) is 14.6 Å². The smallest absolute Gasteiger partial charge is 0.316 e. The monoisotopic (exact) mass is 1290 g/mol. The van der Waals surface area contributed by atoms with Crippen molar-refractivity contribution in [2.24, 2.45) is 0 Å². The van der Waals surface area contributed by atoms with Gasteiger partial charge in [0.2, 0.25) is 0 Å². The van der Waals surface area contributed by atoms with Gasteiger partial charge in [-0.15, -0.1) is 21.7 Å². The summed E-state index contributed by atoms with van der Waals surface area (Å²) in [6, 6.07) is 11.6. The summed E-state index contributed by atoms with van der Waals surface area (Å²) in [6.07, 6.45) is 0. The van der Waals surface area contributed by atoms with Gasteiger partial charge in [0.05, 0.1) is 0 Å². The number of hydrogen-bond acceptors (Lipinski definition) is 3. The van der Waals surface area contributed by atoms with Gasteiger partial charge < -0.3 is 22.7 Å². The summed E-state index contributed by atoms with van der Waals surface area (Å²) in [4.78, 5) is 3.29. The zero-order valence-electron chi connectivity index (χ0n) is 13.3. The van der Waals surface area contributed by atoms with Crippen LogP contribution in [0.5, 0.6) is 0 Å². The molecule has 3 rings (SSSR count). The van der Waals surface area contributed by atoms with Crippen LogP contribution < -0.4 is 0 Å². The molecule has 0 nitrogen and oxygen atoms in total. The molecular weight excluding hydrogens is 1280 g/mol. The Labute approximate surface area is 297 Å². The zero-order valence-corrected chi connectivity index (χ0v) is 36.0. The van der Waals surface area contributed by atoms with E-state index in [2.05, 4.69) is 31.5 Å². The summed E-state index contributed by atoms with van der Waals surface area (Å²) in [5, 5.41) is 7.83. The predicted molar refractivity (Wildman–Crippen MR) is 84.0 cm³/mol. The third-order valence-electron chi connectivity index (χ3n) is 1.63. The van der Waals surface area contributed by atoms with Crippen molar-refractivity contribution in [1.29, 1.82) is 0 Å². The second kappa shape index (κ2) is 33.4. The largest absolute Gasteiger partial charge is 3.00 e. The molecule has 126 valence electrons. The fourth-order valence-corrected chi connectivity index (χ4v) is 2.19. The fraction of sp³-hybridized carbons (Fsp3) is 0. The van der Waals surface area contributed by atoms with Gasteiger partial charge in [0.25, 0.3) is 0 Å². The number of rotatable bonds is 0. The van der Waals surface area contributed by atoms with Crippen LogP contribution in [0.25, 0.3) is 0 Å². The van der Waals surface area contributed by atoms with Gasteiger partial charge in [-0.25, -0.2) is 28.8 Å². The predicted octanol–water partition coefficient (Wildman–Crippen LogP) is 5.37. The van der Waals surface area contributed by atoms with Crippen LogP contribution in [0, 0.1) is 31.5 Å². The SMILES string of the molecule is [CH2-]c1cc[c-]s1.[CH2-]c1cc[c-]s1.[CH2-]c1cccs1.[W].[W].[W].[W].[Y+3].[Y].[Y]. The van der Waals surface area contributed by atoms with Crippen LogP contribution >= 0.6 is 34.0 Å². The third-order valence-corrected chi connectivity index (χ3v) is 3.67. The van der Waals surface area contributed by atoms with E-state index in [1.54, 1.807) is 34.0 Å². The standard InChI is InChI=1S/C5H5S.2C5H4S.4W.3Y/c3*1-5-3-2-4-6-5;;;;;;;/h2-4H,1H2;2*2-3H,1H2;;;;;;;/q-1;2*-2;;;;;;;+3. The Bertz CT molecular complexity index is 427. The second-order valence-electron chi connectivity index (χ2n) is 3.12. The Hall–Kier alpha value is 4.77. The Morgan fingerprint density at radius 2 is 1.08 bits per heavy atom. The molecule has 0 saturated heterocycles. The maximum absolute atomic E-state index is 3.70. The van der Waals surface area contributed by atoms with Crippen LogP contribution in [0.3, 0.4) is 0 Å². The van der Waals surface area contributed by atoms with E-state index in [1.807, 2.05) is 41.8 Å². The molecule has 0 N–H and O–H groups in total. The molecule has 0 bridgehead atoms. The van der Waals surface area contributed by atoms with E-state index >= 15 is 0 Å². The molecule has 3 heterocycles. The van der Waals surface area contributed by atoms with E-state index < -0.39 is 0 Å². The van der Waals surface area contributed by atoms with Gasteiger partial charge in [-0.3, -0.25) is 13.8 Å². The molecule has 0 aliphatic heterocycles. The van der Waals surface area contributed by atoms with E-state index in [0.717, 1.165) is 14.6 Å². The van der Waals surface area contributed by atoms with E-state index in [1.165, 1.54) is 0 Å². The van der Waals surface area contributed by atoms with E-state index in [0.29, 0.717) is 0 Å². The minimum absolute atomic E-state index is 0. The van der Waals surface area contributed by atoms with Crippen LogP contribution in [0.2, 0.25) is 0 Å². The van der Waals surface area contributed by atoms with Crippen LogP contribution in [0.4, 0.5) is 0 Å². The molecule has 25 heavy (non-hydrogen) atoms. The van der Waals surface area contributed by atoms with Crippen molar-refractivity contribution in [3.8, 4) is 0 Å². The van der Waals surface area contributed by atoms with Gasteiger partial charge in [0, 0.05) is 150 Å². The molecular formula is C15H13S3W4Y3-2. The number of thiophene rings is 3. The first kappa shape index (κ1) is 47.5. The van der Waals surface area contributed by atoms with Crippen LogP contribution in [-0.4, -0.2) is 0 Å². The molecule has 3 aromatic rings. The summed E-state index contributed by atoms with van der Waals surface area (Å²) in [5.74, 6) is 0. The zero-order chi connectivity index (χ0) is 13.2. The Balaban J connectivity index is -0.0000000341. The molecule has 10 heteroatoms. The first-order valence-electron chi connectivity index (χ1n) is 5.09. The quantitative estimate of drug-likeness (QED) is 0.266. The molecule has 0 amide bonds. The van der Waals surface area contributed by atoms with Crippen molar-refractivity contribution >= 4 is 34.0 Å². The van der Waals surface area contributed by atoms with Crippen molar-refractivity contribution in [2.45, 2.75) is 0 Å². The van der Waals surface area contributed by atoms with Crippen LogP contribution in [-0.2, 0) is 182 Å². The molecule has 0 fully saturated rings. The third kappa shape index (κ3) is 31.1. The molecule has 0 aliphatic carbocycles. The maximum Gasteiger partial charge on any atom is 3.00 e. The van der Waals surface area contributed by atoms with Gasteiger partial charge in [0.15, 0.2) is 0 Å². The maximum atomic E-state index is 3.70. The average Bonchev–Trinajstić information content (AvgIpc) is 3.05. The number of hydrogen-bond donors (Lipinski definition) is 0. The first-order valence-corrected chi connectivity index (χ1v) is 7.61. The minimum atomic E-state index is 0. The summed E-state index contributed by atoms with van der Waals surface area (Å²) >= 11 is 4.75. The summed E-state index contributed by atoms with van der Waals surface area (Å²) in [6.45, 7) is 11.0. The Morgan fingerprint density at radius 3 is 1.16 bits per heavy atom.